The lowest BCUT2D eigenvalue weighted by atomic mass is 10.1. The molecule has 0 spiro atoms. The fraction of sp³-hybridized carbons (Fsp3) is 0.222. The van der Waals surface area contributed by atoms with Gasteiger partial charge in [-0.1, -0.05) is 43.3 Å². The Morgan fingerprint density at radius 2 is 1.82 bits per heavy atom. The Kier molecular flexibility index (Phi) is 5.99. The van der Waals surface area contributed by atoms with E-state index in [0.717, 1.165) is 35.3 Å². The summed E-state index contributed by atoms with van der Waals surface area (Å²) < 4.78 is 5.51. The number of amides is 2. The summed E-state index contributed by atoms with van der Waals surface area (Å²) in [5, 5.41) is 2.97. The number of anilines is 2. The third-order valence-electron chi connectivity index (χ3n) is 6.06. The van der Waals surface area contributed by atoms with Gasteiger partial charge in [0.2, 0.25) is 5.91 Å². The number of aromatic nitrogens is 2. The number of carbonyl (C=O) groups excluding carboxylic acids is 2. The first kappa shape index (κ1) is 21.7. The highest BCUT2D eigenvalue weighted by Crippen LogP contribution is 2.33. The third kappa shape index (κ3) is 4.37. The number of hydrogen-bond acceptors (Lipinski definition) is 4. The number of benzene rings is 3. The summed E-state index contributed by atoms with van der Waals surface area (Å²) in [7, 11) is 0. The lowest BCUT2D eigenvalue weighted by molar-refractivity contribution is -0.125. The van der Waals surface area contributed by atoms with E-state index in [1.165, 1.54) is 0 Å². The number of rotatable bonds is 7. The zero-order valence-corrected chi connectivity index (χ0v) is 19.0. The number of fused-ring (bicyclic) bond motifs is 2. The highest BCUT2D eigenvalue weighted by atomic mass is 16.5. The summed E-state index contributed by atoms with van der Waals surface area (Å²) in [5.41, 5.74) is 4.50. The number of hydrogen-bond donors (Lipinski definition) is 2. The van der Waals surface area contributed by atoms with Crippen LogP contribution in [0.15, 0.2) is 72.8 Å². The lowest BCUT2D eigenvalue weighted by Crippen LogP contribution is -2.51. The van der Waals surface area contributed by atoms with E-state index >= 15 is 0 Å². The van der Waals surface area contributed by atoms with Crippen LogP contribution >= 0.6 is 0 Å². The smallest absolute Gasteiger partial charge is 0.265 e. The first-order chi connectivity index (χ1) is 16.6. The molecule has 2 amide bonds. The van der Waals surface area contributed by atoms with E-state index in [1.807, 2.05) is 73.7 Å². The predicted molar refractivity (Wildman–Crippen MR) is 132 cm³/mol. The van der Waals surface area contributed by atoms with E-state index in [2.05, 4.69) is 15.3 Å². The van der Waals surface area contributed by atoms with Gasteiger partial charge in [0.15, 0.2) is 6.61 Å². The van der Waals surface area contributed by atoms with Gasteiger partial charge in [-0.25, -0.2) is 4.98 Å². The standard InChI is InChI=1S/C27H26N4O3/c1-2-22(31-23-9-5-6-10-24(23)34-17-26(31)32)27(33)28-19-14-11-18(12-15-19)13-16-25-29-20-7-3-4-8-21(20)30-25/h3-12,14-15,22H,2,13,16-17H2,1H3,(H,28,33)(H,29,30). The molecule has 0 aliphatic carbocycles. The number of aromatic amines is 1. The minimum absolute atomic E-state index is 0.0687. The Labute approximate surface area is 197 Å². The van der Waals surface area contributed by atoms with Crippen molar-refractivity contribution in [1.29, 1.82) is 0 Å². The maximum Gasteiger partial charge on any atom is 0.265 e. The summed E-state index contributed by atoms with van der Waals surface area (Å²) >= 11 is 0. The SMILES string of the molecule is CCC(C(=O)Nc1ccc(CCc2nc3ccccc3[nH]2)cc1)N1C(=O)COc2ccccc21. The average molecular weight is 455 g/mol. The van der Waals surface area contributed by atoms with Gasteiger partial charge < -0.3 is 15.0 Å². The van der Waals surface area contributed by atoms with Crippen molar-refractivity contribution in [1.82, 2.24) is 9.97 Å². The van der Waals surface area contributed by atoms with E-state index in [4.69, 9.17) is 4.74 Å². The van der Waals surface area contributed by atoms with Gasteiger partial charge >= 0.3 is 0 Å². The minimum atomic E-state index is -0.620. The zero-order valence-electron chi connectivity index (χ0n) is 19.0. The Morgan fingerprint density at radius 3 is 2.62 bits per heavy atom. The first-order valence-electron chi connectivity index (χ1n) is 11.5. The van der Waals surface area contributed by atoms with Gasteiger partial charge in [0, 0.05) is 12.1 Å². The van der Waals surface area contributed by atoms with Crippen LogP contribution in [-0.4, -0.2) is 34.4 Å². The van der Waals surface area contributed by atoms with Crippen LogP contribution in [0, 0.1) is 0 Å². The first-order valence-corrected chi connectivity index (χ1v) is 11.5. The molecule has 1 aliphatic rings. The number of ether oxygens (including phenoxy) is 1. The molecule has 2 heterocycles. The molecule has 0 saturated heterocycles. The average Bonchev–Trinajstić information content (AvgIpc) is 3.28. The molecule has 5 rings (SSSR count). The van der Waals surface area contributed by atoms with Gasteiger partial charge in [-0.3, -0.25) is 14.5 Å². The second kappa shape index (κ2) is 9.39. The molecule has 172 valence electrons. The lowest BCUT2D eigenvalue weighted by Gasteiger charge is -2.34. The van der Waals surface area contributed by atoms with Crippen molar-refractivity contribution >= 4 is 34.2 Å². The van der Waals surface area contributed by atoms with Crippen molar-refractivity contribution < 1.29 is 14.3 Å². The topological polar surface area (TPSA) is 87.3 Å². The van der Waals surface area contributed by atoms with Gasteiger partial charge in [-0.2, -0.15) is 0 Å². The molecule has 1 aliphatic heterocycles. The van der Waals surface area contributed by atoms with E-state index in [-0.39, 0.29) is 18.4 Å². The number of H-pyrrole nitrogens is 1. The number of carbonyl (C=O) groups is 2. The van der Waals surface area contributed by atoms with Gasteiger partial charge in [-0.15, -0.1) is 0 Å². The molecule has 0 radical (unpaired) electrons. The van der Waals surface area contributed by atoms with Crippen molar-refractivity contribution in [3.05, 3.63) is 84.2 Å². The predicted octanol–water partition coefficient (Wildman–Crippen LogP) is 4.49. The molecule has 0 fully saturated rings. The largest absolute Gasteiger partial charge is 0.482 e. The fourth-order valence-electron chi connectivity index (χ4n) is 4.32. The van der Waals surface area contributed by atoms with E-state index in [1.54, 1.807) is 11.0 Å². The Hall–Kier alpha value is -4.13. The summed E-state index contributed by atoms with van der Waals surface area (Å²) in [4.78, 5) is 35.3. The van der Waals surface area contributed by atoms with Crippen molar-refractivity contribution in [2.24, 2.45) is 0 Å². The molecular formula is C27H26N4O3. The number of imidazole rings is 1. The number of para-hydroxylation sites is 4. The molecule has 1 aromatic heterocycles. The van der Waals surface area contributed by atoms with Crippen LogP contribution in [0.25, 0.3) is 11.0 Å². The maximum absolute atomic E-state index is 13.1. The van der Waals surface area contributed by atoms with E-state index in [0.29, 0.717) is 23.5 Å². The maximum atomic E-state index is 13.1. The molecule has 0 saturated carbocycles. The molecule has 2 N–H and O–H groups in total. The van der Waals surface area contributed by atoms with Crippen molar-refractivity contribution in [3.63, 3.8) is 0 Å². The normalized spacial score (nSPS) is 13.9. The van der Waals surface area contributed by atoms with Crippen LogP contribution < -0.4 is 15.0 Å². The molecule has 7 nitrogen and oxygen atoms in total. The summed E-state index contributed by atoms with van der Waals surface area (Å²) in [6, 6.07) is 22.5. The van der Waals surface area contributed by atoms with Crippen LogP contribution in [0.3, 0.4) is 0 Å². The summed E-state index contributed by atoms with van der Waals surface area (Å²) in [6.07, 6.45) is 2.13. The molecule has 1 unspecified atom stereocenters. The zero-order chi connectivity index (χ0) is 23.5. The van der Waals surface area contributed by atoms with Gasteiger partial charge in [0.25, 0.3) is 5.91 Å². The second-order valence-electron chi connectivity index (χ2n) is 8.33. The highest BCUT2D eigenvalue weighted by molar-refractivity contribution is 6.07. The van der Waals surface area contributed by atoms with Crippen LogP contribution in [0.1, 0.15) is 24.7 Å². The van der Waals surface area contributed by atoms with Gasteiger partial charge in [0.05, 0.1) is 16.7 Å². The monoisotopic (exact) mass is 454 g/mol. The minimum Gasteiger partial charge on any atom is -0.482 e. The number of nitrogens with zero attached hydrogens (tertiary/aromatic N) is 2. The Bertz CT molecular complexity index is 1300. The van der Waals surface area contributed by atoms with Gasteiger partial charge in [0.1, 0.15) is 17.6 Å². The van der Waals surface area contributed by atoms with Crippen molar-refractivity contribution in [3.8, 4) is 5.75 Å². The molecule has 7 heteroatoms. The fourth-order valence-corrected chi connectivity index (χ4v) is 4.32. The Morgan fingerprint density at radius 1 is 1.06 bits per heavy atom. The molecule has 1 atom stereocenters. The summed E-state index contributed by atoms with van der Waals surface area (Å²) in [5.74, 6) is 1.13. The van der Waals surface area contributed by atoms with E-state index in [9.17, 15) is 9.59 Å². The van der Waals surface area contributed by atoms with Crippen LogP contribution in [0.4, 0.5) is 11.4 Å². The van der Waals surface area contributed by atoms with Crippen LogP contribution in [-0.2, 0) is 22.4 Å². The van der Waals surface area contributed by atoms with Gasteiger partial charge in [-0.05, 0) is 54.8 Å². The second-order valence-corrected chi connectivity index (χ2v) is 8.33. The molecule has 3 aromatic carbocycles. The molecule has 4 aromatic rings. The third-order valence-corrected chi connectivity index (χ3v) is 6.06. The number of aryl methyl sites for hydroxylation is 2. The van der Waals surface area contributed by atoms with Crippen LogP contribution in [0.2, 0.25) is 0 Å². The summed E-state index contributed by atoms with van der Waals surface area (Å²) in [6.45, 7) is 1.83. The van der Waals surface area contributed by atoms with Crippen molar-refractivity contribution in [2.45, 2.75) is 32.2 Å². The molecule has 34 heavy (non-hydrogen) atoms. The van der Waals surface area contributed by atoms with Crippen LogP contribution in [0.5, 0.6) is 5.75 Å². The number of nitrogens with one attached hydrogen (secondary N) is 2. The molecule has 0 bridgehead atoms. The highest BCUT2D eigenvalue weighted by Gasteiger charge is 2.34. The van der Waals surface area contributed by atoms with E-state index < -0.39 is 6.04 Å². The molecular weight excluding hydrogens is 428 g/mol. The quantitative estimate of drug-likeness (QED) is 0.431. The van der Waals surface area contributed by atoms with Crippen molar-refractivity contribution in [2.75, 3.05) is 16.8 Å². The Balaban J connectivity index is 1.24.